The van der Waals surface area contributed by atoms with Crippen LogP contribution in [0.25, 0.3) is 11.4 Å². The normalized spacial score (nSPS) is 10.6. The van der Waals surface area contributed by atoms with Crippen LogP contribution in [0.1, 0.15) is 5.56 Å². The molecule has 0 radical (unpaired) electrons. The van der Waals surface area contributed by atoms with E-state index >= 15 is 0 Å². The van der Waals surface area contributed by atoms with Crippen LogP contribution in [0, 0.1) is 0 Å². The molecule has 3 rings (SSSR count). The van der Waals surface area contributed by atoms with Crippen molar-refractivity contribution in [2.75, 3.05) is 0 Å². The highest BCUT2D eigenvalue weighted by Crippen LogP contribution is 2.28. The number of hydrogen-bond acceptors (Lipinski definition) is 4. The van der Waals surface area contributed by atoms with E-state index < -0.39 is 0 Å². The van der Waals surface area contributed by atoms with Gasteiger partial charge in [-0.15, -0.1) is 0 Å². The van der Waals surface area contributed by atoms with Gasteiger partial charge < -0.3 is 4.74 Å². The van der Waals surface area contributed by atoms with Gasteiger partial charge in [-0.2, -0.15) is 4.37 Å². The number of hydrogen-bond donors (Lipinski definition) is 1. The number of ether oxygens (including phenoxy) is 1. The Morgan fingerprint density at radius 3 is 2.77 bits per heavy atom. The summed E-state index contributed by atoms with van der Waals surface area (Å²) in [5.41, 5.74) is 1.78. The van der Waals surface area contributed by atoms with Crippen LogP contribution in [-0.4, -0.2) is 9.36 Å². The van der Waals surface area contributed by atoms with E-state index in [2.05, 4.69) is 9.36 Å². The lowest BCUT2D eigenvalue weighted by molar-refractivity contribution is 0.306. The fourth-order valence-corrected chi connectivity index (χ4v) is 2.85. The van der Waals surface area contributed by atoms with Crippen molar-refractivity contribution in [2.24, 2.45) is 0 Å². The van der Waals surface area contributed by atoms with Crippen molar-refractivity contribution < 1.29 is 4.74 Å². The average Bonchev–Trinajstić information content (AvgIpc) is 2.93. The number of benzene rings is 2. The first-order chi connectivity index (χ1) is 10.6. The van der Waals surface area contributed by atoms with Crippen LogP contribution < -0.4 is 9.61 Å². The van der Waals surface area contributed by atoms with Gasteiger partial charge in [-0.05, 0) is 29.8 Å². The van der Waals surface area contributed by atoms with E-state index in [-0.39, 0.29) is 4.87 Å². The lowest BCUT2D eigenvalue weighted by Gasteiger charge is -2.09. The number of rotatable bonds is 4. The van der Waals surface area contributed by atoms with Gasteiger partial charge in [0.15, 0.2) is 5.82 Å². The number of aromatic nitrogens is 2. The molecule has 0 atom stereocenters. The van der Waals surface area contributed by atoms with Gasteiger partial charge in [0.25, 0.3) is 0 Å². The van der Waals surface area contributed by atoms with Gasteiger partial charge in [0.05, 0.1) is 5.02 Å². The largest absolute Gasteiger partial charge is 0.487 e. The Balaban J connectivity index is 1.77. The third-order valence-corrected chi connectivity index (χ3v) is 4.00. The molecule has 0 aliphatic rings. The zero-order valence-electron chi connectivity index (χ0n) is 11.2. The van der Waals surface area contributed by atoms with Crippen LogP contribution in [0.5, 0.6) is 5.75 Å². The zero-order chi connectivity index (χ0) is 15.5. The molecular weight excluding hydrogens is 343 g/mol. The Kier molecular flexibility index (Phi) is 4.47. The first kappa shape index (κ1) is 15.1. The second-order valence-corrected chi connectivity index (χ2v) is 6.09. The molecule has 1 N–H and O–H groups in total. The summed E-state index contributed by atoms with van der Waals surface area (Å²) in [6.07, 6.45) is 0. The summed E-state index contributed by atoms with van der Waals surface area (Å²) in [4.78, 5) is 13.7. The van der Waals surface area contributed by atoms with E-state index in [9.17, 15) is 4.79 Å². The minimum absolute atomic E-state index is 0.176. The van der Waals surface area contributed by atoms with Crippen LogP contribution in [-0.2, 0) is 6.61 Å². The second kappa shape index (κ2) is 6.52. The van der Waals surface area contributed by atoms with Gasteiger partial charge in [-0.3, -0.25) is 9.78 Å². The molecule has 0 saturated carbocycles. The summed E-state index contributed by atoms with van der Waals surface area (Å²) in [6.45, 7) is 0.351. The highest BCUT2D eigenvalue weighted by molar-refractivity contribution is 7.03. The summed E-state index contributed by atoms with van der Waals surface area (Å²) in [6, 6.07) is 12.7. The lowest BCUT2D eigenvalue weighted by Crippen LogP contribution is -1.97. The lowest BCUT2D eigenvalue weighted by atomic mass is 10.1. The summed E-state index contributed by atoms with van der Waals surface area (Å²) in [7, 11) is 0. The summed E-state index contributed by atoms with van der Waals surface area (Å²) >= 11 is 12.8. The third-order valence-electron chi connectivity index (χ3n) is 2.93. The highest BCUT2D eigenvalue weighted by Gasteiger charge is 2.06. The third kappa shape index (κ3) is 3.50. The quantitative estimate of drug-likeness (QED) is 0.757. The molecule has 112 valence electrons. The van der Waals surface area contributed by atoms with Gasteiger partial charge in [-0.25, -0.2) is 0 Å². The highest BCUT2D eigenvalue weighted by atomic mass is 35.5. The minimum atomic E-state index is -0.176. The molecule has 3 aromatic rings. The predicted octanol–water partition coefficient (Wildman–Crippen LogP) is 4.38. The summed E-state index contributed by atoms with van der Waals surface area (Å²) in [5.74, 6) is 1.12. The van der Waals surface area contributed by atoms with Crippen molar-refractivity contribution in [3.8, 4) is 17.1 Å². The molecule has 2 aromatic carbocycles. The number of nitrogens with zero attached hydrogens (tertiary/aromatic N) is 1. The van der Waals surface area contributed by atoms with Crippen LogP contribution >= 0.6 is 34.7 Å². The molecule has 0 bridgehead atoms. The van der Waals surface area contributed by atoms with E-state index in [0.717, 1.165) is 22.7 Å². The van der Waals surface area contributed by atoms with Gasteiger partial charge in [-0.1, -0.05) is 41.4 Å². The monoisotopic (exact) mass is 352 g/mol. The van der Waals surface area contributed by atoms with E-state index in [0.29, 0.717) is 28.2 Å². The van der Waals surface area contributed by atoms with E-state index in [1.54, 1.807) is 18.2 Å². The Morgan fingerprint density at radius 2 is 2.05 bits per heavy atom. The van der Waals surface area contributed by atoms with Crippen molar-refractivity contribution >= 4 is 34.7 Å². The standard InChI is InChI=1S/C15H10Cl2N2O2S/c16-11-4-5-13(12(17)7-11)21-8-9-2-1-3-10(6-9)14-18-15(20)22-19-14/h1-7H,8H2,(H,18,19,20). The molecule has 0 fully saturated rings. The Labute approximate surface area is 140 Å². The van der Waals surface area contributed by atoms with Gasteiger partial charge in [0, 0.05) is 22.1 Å². The van der Waals surface area contributed by atoms with Crippen LogP contribution in [0.15, 0.2) is 47.3 Å². The van der Waals surface area contributed by atoms with Gasteiger partial charge >= 0.3 is 4.87 Å². The maximum Gasteiger partial charge on any atom is 0.323 e. The van der Waals surface area contributed by atoms with Crippen molar-refractivity contribution in [3.05, 3.63) is 67.7 Å². The summed E-state index contributed by atoms with van der Waals surface area (Å²) in [5, 5.41) is 1.03. The fraction of sp³-hybridized carbons (Fsp3) is 0.0667. The topological polar surface area (TPSA) is 55.0 Å². The molecule has 0 saturated heterocycles. The molecule has 1 heterocycles. The Morgan fingerprint density at radius 1 is 1.18 bits per heavy atom. The van der Waals surface area contributed by atoms with Crippen molar-refractivity contribution in [1.82, 2.24) is 9.36 Å². The molecule has 1 aromatic heterocycles. The smallest absolute Gasteiger partial charge is 0.323 e. The molecule has 0 aliphatic heterocycles. The first-order valence-corrected chi connectivity index (χ1v) is 7.88. The maximum absolute atomic E-state index is 11.2. The molecule has 7 heteroatoms. The molecule has 0 spiro atoms. The Hall–Kier alpha value is -1.82. The van der Waals surface area contributed by atoms with Gasteiger partial charge in [0.1, 0.15) is 12.4 Å². The van der Waals surface area contributed by atoms with E-state index in [1.807, 2.05) is 24.3 Å². The Bertz CT molecular complexity index is 860. The molecule has 0 aliphatic carbocycles. The van der Waals surface area contributed by atoms with Crippen LogP contribution in [0.4, 0.5) is 0 Å². The van der Waals surface area contributed by atoms with Crippen LogP contribution in [0.2, 0.25) is 10.0 Å². The van der Waals surface area contributed by atoms with Gasteiger partial charge in [0.2, 0.25) is 0 Å². The number of halogens is 2. The molecule has 4 nitrogen and oxygen atoms in total. The predicted molar refractivity (Wildman–Crippen MR) is 89.0 cm³/mol. The number of H-pyrrole nitrogens is 1. The molecular formula is C15H10Cl2N2O2S. The minimum Gasteiger partial charge on any atom is -0.487 e. The SMILES string of the molecule is O=c1[nH]c(-c2cccc(COc3ccc(Cl)cc3Cl)c2)ns1. The van der Waals surface area contributed by atoms with E-state index in [1.165, 1.54) is 0 Å². The zero-order valence-corrected chi connectivity index (χ0v) is 13.5. The van der Waals surface area contributed by atoms with Crippen molar-refractivity contribution in [2.45, 2.75) is 6.61 Å². The number of nitrogens with one attached hydrogen (secondary N) is 1. The van der Waals surface area contributed by atoms with E-state index in [4.69, 9.17) is 27.9 Å². The summed E-state index contributed by atoms with van der Waals surface area (Å²) < 4.78 is 9.76. The molecule has 0 amide bonds. The molecule has 22 heavy (non-hydrogen) atoms. The van der Waals surface area contributed by atoms with Crippen LogP contribution in [0.3, 0.4) is 0 Å². The maximum atomic E-state index is 11.2. The van der Waals surface area contributed by atoms with Crippen molar-refractivity contribution in [1.29, 1.82) is 0 Å². The molecule has 0 unspecified atom stereocenters. The first-order valence-electron chi connectivity index (χ1n) is 6.35. The second-order valence-electron chi connectivity index (χ2n) is 4.51. The average molecular weight is 353 g/mol. The van der Waals surface area contributed by atoms with Crippen molar-refractivity contribution in [3.63, 3.8) is 0 Å². The number of aromatic amines is 1. The fourth-order valence-electron chi connectivity index (χ4n) is 1.92.